The van der Waals surface area contributed by atoms with E-state index in [4.69, 9.17) is 4.74 Å². The number of carbonyl (C=O) groups is 1. The lowest BCUT2D eigenvalue weighted by Crippen LogP contribution is -2.56. The monoisotopic (exact) mass is 353 g/mol. The molecule has 1 saturated heterocycles. The van der Waals surface area contributed by atoms with Gasteiger partial charge in [0.2, 0.25) is 5.91 Å². The first-order valence-corrected chi connectivity index (χ1v) is 8.66. The topological polar surface area (TPSA) is 29.5 Å². The van der Waals surface area contributed by atoms with Gasteiger partial charge in [-0.15, -0.1) is 0 Å². The van der Waals surface area contributed by atoms with Crippen molar-refractivity contribution >= 4 is 21.8 Å². The zero-order chi connectivity index (χ0) is 15.5. The quantitative estimate of drug-likeness (QED) is 0.774. The Morgan fingerprint density at radius 2 is 2.10 bits per heavy atom. The zero-order valence-corrected chi connectivity index (χ0v) is 14.6. The average Bonchev–Trinajstić information content (AvgIpc) is 2.47. The third-order valence-electron chi connectivity index (χ3n) is 3.87. The molecule has 0 radical (unpaired) electrons. The van der Waals surface area contributed by atoms with Gasteiger partial charge in [-0.1, -0.05) is 53.2 Å². The van der Waals surface area contributed by atoms with Crippen LogP contribution >= 0.6 is 15.9 Å². The maximum absolute atomic E-state index is 12.9. The van der Waals surface area contributed by atoms with Gasteiger partial charge in [-0.25, -0.2) is 0 Å². The standard InChI is InChI=1S/C17H24BrNO2/c1-4-15(13-8-6-5-7-9-13)16(20)19-11-14(10-18)21-17(2,3)12-19/h5-9,14-15H,4,10-12H2,1-3H3. The third-order valence-corrected chi connectivity index (χ3v) is 4.60. The van der Waals surface area contributed by atoms with Crippen LogP contribution in [0.3, 0.4) is 0 Å². The highest BCUT2D eigenvalue weighted by atomic mass is 79.9. The van der Waals surface area contributed by atoms with Gasteiger partial charge in [-0.3, -0.25) is 4.79 Å². The second-order valence-electron chi connectivity index (χ2n) is 6.24. The molecule has 4 heteroatoms. The molecule has 0 bridgehead atoms. The van der Waals surface area contributed by atoms with E-state index in [0.29, 0.717) is 13.1 Å². The summed E-state index contributed by atoms with van der Waals surface area (Å²) in [5, 5.41) is 0.752. The Kier molecular flexibility index (Phi) is 5.44. The average molecular weight is 354 g/mol. The summed E-state index contributed by atoms with van der Waals surface area (Å²) in [5.74, 6) is 0.155. The molecule has 21 heavy (non-hydrogen) atoms. The molecule has 0 saturated carbocycles. The molecule has 1 fully saturated rings. The van der Waals surface area contributed by atoms with Gasteiger partial charge < -0.3 is 9.64 Å². The molecule has 1 aromatic carbocycles. The number of halogens is 1. The molecular formula is C17H24BrNO2. The number of amides is 1. The van der Waals surface area contributed by atoms with Gasteiger partial charge in [0, 0.05) is 18.4 Å². The molecule has 1 aromatic rings. The van der Waals surface area contributed by atoms with Gasteiger partial charge in [-0.05, 0) is 25.8 Å². The minimum absolute atomic E-state index is 0.0592. The number of rotatable bonds is 4. The van der Waals surface area contributed by atoms with Crippen LogP contribution in [-0.2, 0) is 9.53 Å². The maximum atomic E-state index is 12.9. The Bertz CT molecular complexity index is 475. The molecule has 0 aromatic heterocycles. The molecule has 2 atom stereocenters. The Balaban J connectivity index is 2.17. The smallest absolute Gasteiger partial charge is 0.230 e. The number of benzene rings is 1. The molecule has 1 aliphatic heterocycles. The van der Waals surface area contributed by atoms with E-state index in [-0.39, 0.29) is 23.5 Å². The first kappa shape index (κ1) is 16.5. The van der Waals surface area contributed by atoms with Gasteiger partial charge in [-0.2, -0.15) is 0 Å². The van der Waals surface area contributed by atoms with Crippen molar-refractivity contribution in [3.8, 4) is 0 Å². The van der Waals surface area contributed by atoms with Crippen molar-refractivity contribution in [1.29, 1.82) is 0 Å². The van der Waals surface area contributed by atoms with Crippen molar-refractivity contribution in [2.24, 2.45) is 0 Å². The van der Waals surface area contributed by atoms with E-state index in [1.165, 1.54) is 0 Å². The molecule has 1 aliphatic rings. The number of ether oxygens (including phenoxy) is 1. The highest BCUT2D eigenvalue weighted by Gasteiger charge is 2.37. The van der Waals surface area contributed by atoms with Crippen molar-refractivity contribution in [3.63, 3.8) is 0 Å². The fraction of sp³-hybridized carbons (Fsp3) is 0.588. The first-order chi connectivity index (χ1) is 9.96. The highest BCUT2D eigenvalue weighted by Crippen LogP contribution is 2.27. The largest absolute Gasteiger partial charge is 0.368 e. The molecular weight excluding hydrogens is 330 g/mol. The summed E-state index contributed by atoms with van der Waals surface area (Å²) in [6, 6.07) is 10.1. The Hall–Kier alpha value is -0.870. The predicted molar refractivity (Wildman–Crippen MR) is 88.8 cm³/mol. The van der Waals surface area contributed by atoms with Crippen LogP contribution in [0.2, 0.25) is 0 Å². The van der Waals surface area contributed by atoms with Crippen molar-refractivity contribution in [2.75, 3.05) is 18.4 Å². The lowest BCUT2D eigenvalue weighted by atomic mass is 9.93. The summed E-state index contributed by atoms with van der Waals surface area (Å²) in [7, 11) is 0. The van der Waals surface area contributed by atoms with E-state index in [0.717, 1.165) is 17.3 Å². The van der Waals surface area contributed by atoms with Crippen LogP contribution in [0.1, 0.15) is 38.7 Å². The summed E-state index contributed by atoms with van der Waals surface area (Å²) < 4.78 is 5.98. The zero-order valence-electron chi connectivity index (χ0n) is 13.0. The van der Waals surface area contributed by atoms with Gasteiger partial charge in [0.1, 0.15) is 0 Å². The lowest BCUT2D eigenvalue weighted by Gasteiger charge is -2.43. The molecule has 0 aliphatic carbocycles. The molecule has 1 heterocycles. The van der Waals surface area contributed by atoms with Crippen molar-refractivity contribution in [3.05, 3.63) is 35.9 Å². The van der Waals surface area contributed by atoms with Crippen molar-refractivity contribution in [1.82, 2.24) is 4.90 Å². The number of alkyl halides is 1. The Morgan fingerprint density at radius 3 is 2.67 bits per heavy atom. The van der Waals surface area contributed by atoms with Crippen molar-refractivity contribution < 1.29 is 9.53 Å². The van der Waals surface area contributed by atoms with Gasteiger partial charge in [0.15, 0.2) is 0 Å². The van der Waals surface area contributed by atoms with E-state index in [9.17, 15) is 4.79 Å². The second kappa shape index (κ2) is 6.93. The van der Waals surface area contributed by atoms with Crippen LogP contribution in [0.5, 0.6) is 0 Å². The lowest BCUT2D eigenvalue weighted by molar-refractivity contribution is -0.158. The summed E-state index contributed by atoms with van der Waals surface area (Å²) in [5.41, 5.74) is 0.811. The normalized spacial score (nSPS) is 22.9. The van der Waals surface area contributed by atoms with E-state index in [2.05, 4.69) is 22.9 Å². The number of morpholine rings is 1. The van der Waals surface area contributed by atoms with Gasteiger partial charge in [0.05, 0.1) is 17.6 Å². The molecule has 116 valence electrons. The van der Waals surface area contributed by atoms with Crippen LogP contribution in [0.25, 0.3) is 0 Å². The summed E-state index contributed by atoms with van der Waals surface area (Å²) in [6.07, 6.45) is 0.880. The SMILES string of the molecule is CCC(C(=O)N1CC(CBr)OC(C)(C)C1)c1ccccc1. The van der Waals surface area contributed by atoms with E-state index in [1.54, 1.807) is 0 Å². The highest BCUT2D eigenvalue weighted by molar-refractivity contribution is 9.09. The fourth-order valence-electron chi connectivity index (χ4n) is 3.00. The summed E-state index contributed by atoms with van der Waals surface area (Å²) >= 11 is 3.48. The van der Waals surface area contributed by atoms with E-state index in [1.807, 2.05) is 49.1 Å². The molecule has 1 amide bonds. The third kappa shape index (κ3) is 4.07. The predicted octanol–water partition coefficient (Wildman–Crippen LogP) is 3.58. The summed E-state index contributed by atoms with van der Waals surface area (Å²) in [4.78, 5) is 14.9. The fourth-order valence-corrected chi connectivity index (χ4v) is 3.34. The second-order valence-corrected chi connectivity index (χ2v) is 6.89. The Labute approximate surface area is 135 Å². The number of carbonyl (C=O) groups excluding carboxylic acids is 1. The number of hydrogen-bond acceptors (Lipinski definition) is 2. The Morgan fingerprint density at radius 1 is 1.43 bits per heavy atom. The molecule has 2 unspecified atom stereocenters. The van der Waals surface area contributed by atoms with Crippen LogP contribution in [-0.4, -0.2) is 40.9 Å². The first-order valence-electron chi connectivity index (χ1n) is 7.54. The molecule has 0 spiro atoms. The van der Waals surface area contributed by atoms with Crippen LogP contribution < -0.4 is 0 Å². The number of hydrogen-bond donors (Lipinski definition) is 0. The maximum Gasteiger partial charge on any atom is 0.230 e. The van der Waals surface area contributed by atoms with E-state index >= 15 is 0 Å². The van der Waals surface area contributed by atoms with Crippen molar-refractivity contribution in [2.45, 2.75) is 44.8 Å². The van der Waals surface area contributed by atoms with Gasteiger partial charge >= 0.3 is 0 Å². The molecule has 3 nitrogen and oxygen atoms in total. The van der Waals surface area contributed by atoms with E-state index < -0.39 is 0 Å². The minimum atomic E-state index is -0.290. The van der Waals surface area contributed by atoms with Crippen LogP contribution in [0.15, 0.2) is 30.3 Å². The molecule has 0 N–H and O–H groups in total. The van der Waals surface area contributed by atoms with Crippen LogP contribution in [0.4, 0.5) is 0 Å². The van der Waals surface area contributed by atoms with Crippen LogP contribution in [0, 0.1) is 0 Å². The number of nitrogens with zero attached hydrogens (tertiary/aromatic N) is 1. The van der Waals surface area contributed by atoms with Gasteiger partial charge in [0.25, 0.3) is 0 Å². The minimum Gasteiger partial charge on any atom is -0.368 e. The molecule has 2 rings (SSSR count). The summed E-state index contributed by atoms with van der Waals surface area (Å²) in [6.45, 7) is 7.48.